The van der Waals surface area contributed by atoms with Crippen LogP contribution in [0.4, 0.5) is 18.9 Å². The van der Waals surface area contributed by atoms with Crippen molar-refractivity contribution < 1.29 is 17.9 Å². The minimum Gasteiger partial charge on any atom is -0.489 e. The maximum absolute atomic E-state index is 13.7. The van der Waals surface area contributed by atoms with Crippen molar-refractivity contribution in [2.24, 2.45) is 0 Å². The maximum atomic E-state index is 13.7. The molecule has 6 heteroatoms. The summed E-state index contributed by atoms with van der Waals surface area (Å²) in [4.78, 5) is 0. The molecule has 0 bridgehead atoms. The van der Waals surface area contributed by atoms with Gasteiger partial charge in [-0.3, -0.25) is 0 Å². The number of rotatable bonds is 4. The van der Waals surface area contributed by atoms with Gasteiger partial charge in [0.25, 0.3) is 0 Å². The van der Waals surface area contributed by atoms with Gasteiger partial charge in [-0.1, -0.05) is 31.4 Å². The van der Waals surface area contributed by atoms with Gasteiger partial charge in [0.2, 0.25) is 0 Å². The molecule has 29 heavy (non-hydrogen) atoms. The van der Waals surface area contributed by atoms with Crippen LogP contribution in [-0.2, 0) is 19.2 Å². The van der Waals surface area contributed by atoms with Crippen molar-refractivity contribution in [3.63, 3.8) is 0 Å². The van der Waals surface area contributed by atoms with E-state index >= 15 is 0 Å². The lowest BCUT2D eigenvalue weighted by molar-refractivity contribution is -0.138. The van der Waals surface area contributed by atoms with Gasteiger partial charge in [-0.25, -0.2) is 0 Å². The van der Waals surface area contributed by atoms with Crippen LogP contribution in [0.5, 0.6) is 5.75 Å². The van der Waals surface area contributed by atoms with Gasteiger partial charge in [-0.2, -0.15) is 13.2 Å². The number of hydrogen-bond donors (Lipinski definition) is 1. The van der Waals surface area contributed by atoms with Crippen molar-refractivity contribution in [3.05, 3.63) is 58.1 Å². The molecule has 2 nitrogen and oxygen atoms in total. The van der Waals surface area contributed by atoms with E-state index in [0.29, 0.717) is 11.1 Å². The number of fused-ring (bicyclic) bond motifs is 1. The summed E-state index contributed by atoms with van der Waals surface area (Å²) in [6.45, 7) is 3.06. The van der Waals surface area contributed by atoms with E-state index in [9.17, 15) is 13.2 Å². The highest BCUT2D eigenvalue weighted by atomic mass is 35.5. The van der Waals surface area contributed by atoms with Crippen LogP contribution < -0.4 is 10.1 Å². The SMILES string of the molecule is Cc1c(OCc2ccc(C3CCCCC3)c(C(F)(F)F)c2)ccc2c1CCN2.Cl. The molecule has 1 heterocycles. The smallest absolute Gasteiger partial charge is 0.416 e. The Morgan fingerprint density at radius 1 is 1.07 bits per heavy atom. The van der Waals surface area contributed by atoms with E-state index in [1.165, 1.54) is 11.6 Å². The molecule has 0 saturated heterocycles. The largest absolute Gasteiger partial charge is 0.489 e. The number of anilines is 1. The molecule has 4 rings (SSSR count). The average molecular weight is 426 g/mol. The number of hydrogen-bond acceptors (Lipinski definition) is 2. The van der Waals surface area contributed by atoms with Crippen molar-refractivity contribution >= 4 is 18.1 Å². The molecule has 2 aromatic rings. The zero-order valence-corrected chi connectivity index (χ0v) is 17.4. The predicted molar refractivity (Wildman–Crippen MR) is 112 cm³/mol. The molecule has 1 fully saturated rings. The van der Waals surface area contributed by atoms with E-state index in [0.717, 1.165) is 62.1 Å². The maximum Gasteiger partial charge on any atom is 0.416 e. The van der Waals surface area contributed by atoms with Gasteiger partial charge in [-0.05, 0) is 72.6 Å². The third-order valence-electron chi connectivity index (χ3n) is 6.10. The molecule has 0 radical (unpaired) electrons. The first-order valence-corrected chi connectivity index (χ1v) is 10.1. The molecule has 158 valence electrons. The van der Waals surface area contributed by atoms with Gasteiger partial charge >= 0.3 is 6.18 Å². The molecule has 0 unspecified atom stereocenters. The van der Waals surface area contributed by atoms with Crippen molar-refractivity contribution in [1.82, 2.24) is 0 Å². The molecule has 1 saturated carbocycles. The van der Waals surface area contributed by atoms with Gasteiger partial charge < -0.3 is 10.1 Å². The minimum atomic E-state index is -4.34. The number of ether oxygens (including phenoxy) is 1. The van der Waals surface area contributed by atoms with Gasteiger partial charge in [0.15, 0.2) is 0 Å². The van der Waals surface area contributed by atoms with Gasteiger partial charge in [0.05, 0.1) is 5.56 Å². The third-order valence-corrected chi connectivity index (χ3v) is 6.10. The molecule has 2 aromatic carbocycles. The van der Waals surface area contributed by atoms with Crippen LogP contribution in [0.15, 0.2) is 30.3 Å². The second kappa shape index (κ2) is 8.86. The molecule has 1 N–H and O–H groups in total. The van der Waals surface area contributed by atoms with Crippen LogP contribution in [0.2, 0.25) is 0 Å². The van der Waals surface area contributed by atoms with Crippen LogP contribution in [0.25, 0.3) is 0 Å². The lowest BCUT2D eigenvalue weighted by atomic mass is 9.81. The first-order valence-electron chi connectivity index (χ1n) is 10.1. The third kappa shape index (κ3) is 4.66. The number of alkyl halides is 3. The summed E-state index contributed by atoms with van der Waals surface area (Å²) in [5.41, 5.74) is 3.95. The highest BCUT2D eigenvalue weighted by molar-refractivity contribution is 5.85. The summed E-state index contributed by atoms with van der Waals surface area (Å²) in [5.74, 6) is 0.763. The summed E-state index contributed by atoms with van der Waals surface area (Å²) < 4.78 is 47.0. The van der Waals surface area contributed by atoms with Crippen molar-refractivity contribution in [1.29, 1.82) is 0 Å². The van der Waals surface area contributed by atoms with Crippen molar-refractivity contribution in [2.75, 3.05) is 11.9 Å². The number of halogens is 4. The van der Waals surface area contributed by atoms with Crippen LogP contribution in [0.1, 0.15) is 65.8 Å². The van der Waals surface area contributed by atoms with Crippen LogP contribution in [-0.4, -0.2) is 6.54 Å². The second-order valence-electron chi connectivity index (χ2n) is 7.93. The van der Waals surface area contributed by atoms with E-state index in [1.54, 1.807) is 12.1 Å². The molecular weight excluding hydrogens is 399 g/mol. The van der Waals surface area contributed by atoms with E-state index < -0.39 is 11.7 Å². The summed E-state index contributed by atoms with van der Waals surface area (Å²) in [7, 11) is 0. The monoisotopic (exact) mass is 425 g/mol. The molecular formula is C23H27ClF3NO. The quantitative estimate of drug-likeness (QED) is 0.567. The van der Waals surface area contributed by atoms with Crippen LogP contribution >= 0.6 is 12.4 Å². The van der Waals surface area contributed by atoms with E-state index in [4.69, 9.17) is 4.74 Å². The molecule has 0 amide bonds. The Labute approximate surface area is 176 Å². The molecule has 0 spiro atoms. The number of benzene rings is 2. The lowest BCUT2D eigenvalue weighted by Gasteiger charge is -2.25. The Hall–Kier alpha value is -1.88. The van der Waals surface area contributed by atoms with Crippen LogP contribution in [0.3, 0.4) is 0 Å². The molecule has 0 atom stereocenters. The fraction of sp³-hybridized carbons (Fsp3) is 0.478. The fourth-order valence-electron chi connectivity index (χ4n) is 4.57. The van der Waals surface area contributed by atoms with Gasteiger partial charge in [0, 0.05) is 12.2 Å². The van der Waals surface area contributed by atoms with Crippen LogP contribution in [0, 0.1) is 6.92 Å². The zero-order valence-electron chi connectivity index (χ0n) is 16.6. The first-order chi connectivity index (χ1) is 13.4. The Morgan fingerprint density at radius 3 is 2.55 bits per heavy atom. The molecule has 1 aliphatic heterocycles. The predicted octanol–water partition coefficient (Wildman–Crippen LogP) is 7.03. The lowest BCUT2D eigenvalue weighted by Crippen LogP contribution is -2.15. The number of nitrogens with one attached hydrogen (secondary N) is 1. The molecule has 2 aliphatic rings. The Morgan fingerprint density at radius 2 is 1.83 bits per heavy atom. The minimum absolute atomic E-state index is 0. The Kier molecular flexibility index (Phi) is 6.67. The van der Waals surface area contributed by atoms with E-state index in [2.05, 4.69) is 5.32 Å². The average Bonchev–Trinajstić information content (AvgIpc) is 3.17. The van der Waals surface area contributed by atoms with Gasteiger partial charge in [-0.15, -0.1) is 12.4 Å². The van der Waals surface area contributed by atoms with E-state index in [1.807, 2.05) is 19.1 Å². The highest BCUT2D eigenvalue weighted by Crippen LogP contribution is 2.41. The summed E-state index contributed by atoms with van der Waals surface area (Å²) in [6, 6.07) is 8.64. The first kappa shape index (κ1) is 21.8. The summed E-state index contributed by atoms with van der Waals surface area (Å²) >= 11 is 0. The van der Waals surface area contributed by atoms with Crippen molar-refractivity contribution in [2.45, 2.75) is 64.1 Å². The summed E-state index contributed by atoms with van der Waals surface area (Å²) in [5, 5.41) is 3.32. The Bertz CT molecular complexity index is 860. The topological polar surface area (TPSA) is 21.3 Å². The van der Waals surface area contributed by atoms with Crippen molar-refractivity contribution in [3.8, 4) is 5.75 Å². The standard InChI is InChI=1S/C23H26F3NO.ClH/c1-15-18-11-12-27-21(18)9-10-22(15)28-14-16-7-8-19(17-5-3-2-4-6-17)20(13-16)23(24,25)26;/h7-10,13,17,27H,2-6,11-12,14H2,1H3;1H. The second-order valence-corrected chi connectivity index (χ2v) is 7.93. The normalized spacial score (nSPS) is 16.7. The summed E-state index contributed by atoms with van der Waals surface area (Å²) in [6.07, 6.45) is 1.46. The Balaban J connectivity index is 0.00000240. The van der Waals surface area contributed by atoms with Gasteiger partial charge in [0.1, 0.15) is 12.4 Å². The van der Waals surface area contributed by atoms with E-state index in [-0.39, 0.29) is 24.9 Å². The molecule has 0 aromatic heterocycles. The molecule has 1 aliphatic carbocycles. The zero-order chi connectivity index (χ0) is 19.7. The fourth-order valence-corrected chi connectivity index (χ4v) is 4.57. The highest BCUT2D eigenvalue weighted by Gasteiger charge is 2.35.